The maximum Gasteiger partial charge on any atom is 0.287 e. The summed E-state index contributed by atoms with van der Waals surface area (Å²) in [5.74, 6) is -2.78. The highest BCUT2D eigenvalue weighted by Crippen LogP contribution is 2.30. The number of carbonyl (C=O) groups is 3. The summed E-state index contributed by atoms with van der Waals surface area (Å²) in [4.78, 5) is 40.6. The molecule has 7 nitrogen and oxygen atoms in total. The van der Waals surface area contributed by atoms with Crippen LogP contribution in [0.5, 0.6) is 0 Å². The van der Waals surface area contributed by atoms with Crippen LogP contribution in [0.3, 0.4) is 0 Å². The molecule has 0 spiro atoms. The Kier molecular flexibility index (Phi) is 7.77. The molecule has 0 saturated heterocycles. The monoisotopic (exact) mass is 495 g/mol. The summed E-state index contributed by atoms with van der Waals surface area (Å²) < 4.78 is 33.4. The second kappa shape index (κ2) is 11.2. The van der Waals surface area contributed by atoms with Gasteiger partial charge in [-0.15, -0.1) is 0 Å². The number of amides is 3. The third-order valence-corrected chi connectivity index (χ3v) is 6.24. The van der Waals surface area contributed by atoms with Crippen LogP contribution in [0, 0.1) is 18.6 Å². The van der Waals surface area contributed by atoms with Gasteiger partial charge in [-0.1, -0.05) is 31.0 Å². The van der Waals surface area contributed by atoms with Crippen molar-refractivity contribution in [2.75, 3.05) is 11.4 Å². The molecule has 0 radical (unpaired) electrons. The lowest BCUT2D eigenvalue weighted by Gasteiger charge is -2.32. The van der Waals surface area contributed by atoms with E-state index in [1.807, 2.05) is 0 Å². The van der Waals surface area contributed by atoms with Crippen LogP contribution in [0.1, 0.15) is 53.4 Å². The van der Waals surface area contributed by atoms with Gasteiger partial charge in [-0.2, -0.15) is 0 Å². The predicted molar refractivity (Wildman–Crippen MR) is 129 cm³/mol. The van der Waals surface area contributed by atoms with Crippen molar-refractivity contribution in [3.63, 3.8) is 0 Å². The standard InChI is InChI=1S/C27H27F2N3O4/c1-17-8-13-21(15-22(17)29)32(24(33)16-30-26(34)23-7-4-14-36-23)25(18-9-11-19(28)12-10-18)27(35)31-20-5-2-3-6-20/h4,7-15,20,25H,2-3,5-6,16H2,1H3,(H,30,34)(H,31,35)/t25-/m1/s1. The number of nitrogens with zero attached hydrogens (tertiary/aromatic N) is 1. The van der Waals surface area contributed by atoms with Gasteiger partial charge in [0.05, 0.1) is 12.8 Å². The molecule has 3 amide bonds. The van der Waals surface area contributed by atoms with Crippen LogP contribution in [0.25, 0.3) is 0 Å². The Morgan fingerprint density at radius 3 is 2.42 bits per heavy atom. The first-order chi connectivity index (χ1) is 17.3. The zero-order valence-corrected chi connectivity index (χ0v) is 19.8. The van der Waals surface area contributed by atoms with E-state index < -0.39 is 41.9 Å². The Bertz CT molecular complexity index is 1220. The van der Waals surface area contributed by atoms with E-state index in [0.717, 1.165) is 30.6 Å². The molecule has 188 valence electrons. The number of hydrogen-bond acceptors (Lipinski definition) is 4. The Balaban J connectivity index is 1.70. The predicted octanol–water partition coefficient (Wildman–Crippen LogP) is 4.43. The first-order valence-electron chi connectivity index (χ1n) is 11.8. The lowest BCUT2D eigenvalue weighted by atomic mass is 10.0. The normalized spacial score (nSPS) is 14.3. The molecule has 36 heavy (non-hydrogen) atoms. The van der Waals surface area contributed by atoms with Gasteiger partial charge in [-0.05, 0) is 67.3 Å². The SMILES string of the molecule is Cc1ccc(N(C(=O)CNC(=O)c2ccco2)[C@@H](C(=O)NC2CCCC2)c2ccc(F)cc2)cc1F. The summed E-state index contributed by atoms with van der Waals surface area (Å²) in [5.41, 5.74) is 0.843. The Hall–Kier alpha value is -4.01. The van der Waals surface area contributed by atoms with Crippen LogP contribution < -0.4 is 15.5 Å². The first kappa shape index (κ1) is 25.1. The minimum Gasteiger partial charge on any atom is -0.459 e. The minimum atomic E-state index is -1.22. The van der Waals surface area contributed by atoms with Crippen molar-refractivity contribution in [3.8, 4) is 0 Å². The molecule has 1 saturated carbocycles. The van der Waals surface area contributed by atoms with Gasteiger partial charge in [0.1, 0.15) is 17.7 Å². The highest BCUT2D eigenvalue weighted by atomic mass is 19.1. The van der Waals surface area contributed by atoms with Gasteiger partial charge in [0, 0.05) is 11.7 Å². The summed E-state index contributed by atoms with van der Waals surface area (Å²) in [6, 6.07) is 11.1. The van der Waals surface area contributed by atoms with Crippen LogP contribution in [0.2, 0.25) is 0 Å². The number of benzene rings is 2. The van der Waals surface area contributed by atoms with Crippen LogP contribution >= 0.6 is 0 Å². The molecule has 9 heteroatoms. The summed E-state index contributed by atoms with van der Waals surface area (Å²) in [5, 5.41) is 5.47. The summed E-state index contributed by atoms with van der Waals surface area (Å²) in [6.07, 6.45) is 4.92. The number of carbonyl (C=O) groups excluding carboxylic acids is 3. The Morgan fingerprint density at radius 1 is 1.06 bits per heavy atom. The van der Waals surface area contributed by atoms with Crippen LogP contribution in [0.4, 0.5) is 14.5 Å². The lowest BCUT2D eigenvalue weighted by molar-refractivity contribution is -0.126. The number of halogens is 2. The Labute approximate surface area is 207 Å². The van der Waals surface area contributed by atoms with E-state index in [-0.39, 0.29) is 17.5 Å². The fourth-order valence-corrected chi connectivity index (χ4v) is 4.32. The number of anilines is 1. The van der Waals surface area contributed by atoms with E-state index in [1.54, 1.807) is 6.92 Å². The number of rotatable bonds is 8. The molecule has 2 aromatic carbocycles. The van der Waals surface area contributed by atoms with Gasteiger partial charge >= 0.3 is 0 Å². The van der Waals surface area contributed by atoms with E-state index in [4.69, 9.17) is 4.42 Å². The van der Waals surface area contributed by atoms with Gasteiger partial charge in [-0.3, -0.25) is 19.3 Å². The number of aryl methyl sites for hydroxylation is 1. The first-order valence-corrected chi connectivity index (χ1v) is 11.8. The topological polar surface area (TPSA) is 91.7 Å². The van der Waals surface area contributed by atoms with Crippen molar-refractivity contribution in [1.29, 1.82) is 0 Å². The minimum absolute atomic E-state index is 0.0183. The zero-order chi connectivity index (χ0) is 25.7. The number of furan rings is 1. The molecule has 1 aromatic heterocycles. The van der Waals surface area contributed by atoms with E-state index >= 15 is 0 Å². The van der Waals surface area contributed by atoms with Crippen LogP contribution in [0.15, 0.2) is 65.3 Å². The van der Waals surface area contributed by atoms with Crippen LogP contribution in [-0.2, 0) is 9.59 Å². The molecule has 1 atom stereocenters. The molecule has 1 fully saturated rings. The van der Waals surface area contributed by atoms with Crippen molar-refractivity contribution >= 4 is 23.4 Å². The molecule has 1 aliphatic carbocycles. The molecule has 0 bridgehead atoms. The fourth-order valence-electron chi connectivity index (χ4n) is 4.32. The van der Waals surface area contributed by atoms with Crippen molar-refractivity contribution in [2.24, 2.45) is 0 Å². The second-order valence-corrected chi connectivity index (χ2v) is 8.80. The molecule has 1 aliphatic rings. The molecular weight excluding hydrogens is 468 g/mol. The maximum atomic E-state index is 14.6. The molecular formula is C27H27F2N3O4. The van der Waals surface area contributed by atoms with E-state index in [2.05, 4.69) is 10.6 Å². The number of hydrogen-bond donors (Lipinski definition) is 2. The van der Waals surface area contributed by atoms with Crippen LogP contribution in [-0.4, -0.2) is 30.3 Å². The van der Waals surface area contributed by atoms with Crippen molar-refractivity contribution in [2.45, 2.75) is 44.7 Å². The molecule has 4 rings (SSSR count). The molecule has 1 heterocycles. The van der Waals surface area contributed by atoms with E-state index in [9.17, 15) is 23.2 Å². The highest BCUT2D eigenvalue weighted by Gasteiger charge is 2.34. The second-order valence-electron chi connectivity index (χ2n) is 8.80. The zero-order valence-electron chi connectivity index (χ0n) is 19.8. The maximum absolute atomic E-state index is 14.6. The lowest BCUT2D eigenvalue weighted by Crippen LogP contribution is -2.49. The summed E-state index contributed by atoms with van der Waals surface area (Å²) >= 11 is 0. The summed E-state index contributed by atoms with van der Waals surface area (Å²) in [6.45, 7) is 1.10. The quantitative estimate of drug-likeness (QED) is 0.484. The van der Waals surface area contributed by atoms with Crippen molar-refractivity contribution in [1.82, 2.24) is 10.6 Å². The van der Waals surface area contributed by atoms with Gasteiger partial charge in [0.2, 0.25) is 11.8 Å². The highest BCUT2D eigenvalue weighted by molar-refractivity contribution is 6.04. The van der Waals surface area contributed by atoms with Crippen molar-refractivity contribution in [3.05, 3.63) is 89.4 Å². The molecule has 2 N–H and O–H groups in total. The van der Waals surface area contributed by atoms with Gasteiger partial charge < -0.3 is 15.1 Å². The summed E-state index contributed by atoms with van der Waals surface area (Å²) in [7, 11) is 0. The van der Waals surface area contributed by atoms with Gasteiger partial charge in [0.15, 0.2) is 5.76 Å². The smallest absolute Gasteiger partial charge is 0.287 e. The molecule has 0 aliphatic heterocycles. The Morgan fingerprint density at radius 2 is 1.78 bits per heavy atom. The van der Waals surface area contributed by atoms with Gasteiger partial charge in [0.25, 0.3) is 5.91 Å². The third-order valence-electron chi connectivity index (χ3n) is 6.24. The van der Waals surface area contributed by atoms with Gasteiger partial charge in [-0.25, -0.2) is 8.78 Å². The van der Waals surface area contributed by atoms with Crippen molar-refractivity contribution < 1.29 is 27.6 Å². The molecule has 3 aromatic rings. The van der Waals surface area contributed by atoms with E-state index in [0.29, 0.717) is 11.1 Å². The fraction of sp³-hybridized carbons (Fsp3) is 0.296. The third kappa shape index (κ3) is 5.79. The number of nitrogens with one attached hydrogen (secondary N) is 2. The van der Waals surface area contributed by atoms with E-state index in [1.165, 1.54) is 60.9 Å². The largest absolute Gasteiger partial charge is 0.459 e. The average Bonchev–Trinajstić information content (AvgIpc) is 3.58. The average molecular weight is 496 g/mol. The molecule has 0 unspecified atom stereocenters.